The molecule has 0 amide bonds. The SMILES string of the molecule is CC(C)NCc1ccccc1COc1ccccc1. The van der Waals surface area contributed by atoms with Crippen molar-refractivity contribution in [2.75, 3.05) is 0 Å². The van der Waals surface area contributed by atoms with E-state index in [-0.39, 0.29) is 0 Å². The first-order valence-electron chi connectivity index (χ1n) is 6.73. The summed E-state index contributed by atoms with van der Waals surface area (Å²) in [5.74, 6) is 0.911. The normalized spacial score (nSPS) is 10.7. The Kier molecular flexibility index (Phi) is 4.99. The zero-order valence-electron chi connectivity index (χ0n) is 11.6. The van der Waals surface area contributed by atoms with E-state index in [0.717, 1.165) is 12.3 Å². The van der Waals surface area contributed by atoms with Crippen LogP contribution in [0.2, 0.25) is 0 Å². The fourth-order valence-electron chi connectivity index (χ4n) is 1.86. The molecule has 0 atom stereocenters. The average molecular weight is 255 g/mol. The maximum absolute atomic E-state index is 5.81. The summed E-state index contributed by atoms with van der Waals surface area (Å²) in [6.45, 7) is 5.80. The van der Waals surface area contributed by atoms with Crippen LogP contribution in [0.4, 0.5) is 0 Å². The van der Waals surface area contributed by atoms with Crippen LogP contribution in [0.3, 0.4) is 0 Å². The molecule has 0 aliphatic heterocycles. The van der Waals surface area contributed by atoms with Gasteiger partial charge < -0.3 is 10.1 Å². The molecule has 0 heterocycles. The van der Waals surface area contributed by atoms with Crippen molar-refractivity contribution in [1.82, 2.24) is 5.32 Å². The second kappa shape index (κ2) is 6.95. The zero-order valence-corrected chi connectivity index (χ0v) is 11.6. The van der Waals surface area contributed by atoms with Crippen molar-refractivity contribution < 1.29 is 4.74 Å². The van der Waals surface area contributed by atoms with Gasteiger partial charge in [0.1, 0.15) is 12.4 Å². The van der Waals surface area contributed by atoms with Crippen LogP contribution in [0.15, 0.2) is 54.6 Å². The molecule has 0 saturated heterocycles. The van der Waals surface area contributed by atoms with Gasteiger partial charge in [-0.25, -0.2) is 0 Å². The largest absolute Gasteiger partial charge is 0.489 e. The Bertz CT molecular complexity index is 494. The highest BCUT2D eigenvalue weighted by Crippen LogP contribution is 2.14. The average Bonchev–Trinajstić information content (AvgIpc) is 2.45. The van der Waals surface area contributed by atoms with Gasteiger partial charge in [-0.15, -0.1) is 0 Å². The van der Waals surface area contributed by atoms with Crippen molar-refractivity contribution in [1.29, 1.82) is 0 Å². The van der Waals surface area contributed by atoms with Crippen molar-refractivity contribution in [2.45, 2.75) is 33.0 Å². The minimum Gasteiger partial charge on any atom is -0.489 e. The van der Waals surface area contributed by atoms with E-state index in [1.165, 1.54) is 11.1 Å². The van der Waals surface area contributed by atoms with Crippen LogP contribution in [0.1, 0.15) is 25.0 Å². The minimum atomic E-state index is 0.489. The summed E-state index contributed by atoms with van der Waals surface area (Å²) in [4.78, 5) is 0. The Labute approximate surface area is 115 Å². The Morgan fingerprint density at radius 2 is 1.53 bits per heavy atom. The molecule has 19 heavy (non-hydrogen) atoms. The van der Waals surface area contributed by atoms with Gasteiger partial charge in [0.25, 0.3) is 0 Å². The smallest absolute Gasteiger partial charge is 0.119 e. The summed E-state index contributed by atoms with van der Waals surface area (Å²) in [5, 5.41) is 3.44. The Hall–Kier alpha value is -1.80. The zero-order chi connectivity index (χ0) is 13.5. The topological polar surface area (TPSA) is 21.3 Å². The summed E-state index contributed by atoms with van der Waals surface area (Å²) in [6, 6.07) is 18.8. The second-order valence-corrected chi connectivity index (χ2v) is 4.91. The van der Waals surface area contributed by atoms with E-state index in [0.29, 0.717) is 12.6 Å². The van der Waals surface area contributed by atoms with Crippen LogP contribution >= 0.6 is 0 Å². The van der Waals surface area contributed by atoms with Crippen LogP contribution in [0, 0.1) is 0 Å². The molecule has 0 aromatic heterocycles. The van der Waals surface area contributed by atoms with Crippen molar-refractivity contribution in [3.63, 3.8) is 0 Å². The highest BCUT2D eigenvalue weighted by Gasteiger charge is 2.03. The van der Waals surface area contributed by atoms with Gasteiger partial charge >= 0.3 is 0 Å². The highest BCUT2D eigenvalue weighted by molar-refractivity contribution is 5.28. The van der Waals surface area contributed by atoms with E-state index >= 15 is 0 Å². The maximum Gasteiger partial charge on any atom is 0.119 e. The predicted octanol–water partition coefficient (Wildman–Crippen LogP) is 3.76. The molecule has 0 radical (unpaired) electrons. The van der Waals surface area contributed by atoms with Gasteiger partial charge in [0.2, 0.25) is 0 Å². The third-order valence-corrected chi connectivity index (χ3v) is 2.96. The monoisotopic (exact) mass is 255 g/mol. The first-order valence-corrected chi connectivity index (χ1v) is 6.73. The number of hydrogen-bond acceptors (Lipinski definition) is 2. The minimum absolute atomic E-state index is 0.489. The lowest BCUT2D eigenvalue weighted by atomic mass is 10.1. The molecule has 0 aliphatic carbocycles. The Morgan fingerprint density at radius 3 is 2.21 bits per heavy atom. The van der Waals surface area contributed by atoms with Gasteiger partial charge in [-0.2, -0.15) is 0 Å². The molecular weight excluding hydrogens is 234 g/mol. The molecule has 0 bridgehead atoms. The van der Waals surface area contributed by atoms with E-state index in [4.69, 9.17) is 4.74 Å². The predicted molar refractivity (Wildman–Crippen MR) is 79.2 cm³/mol. The molecule has 2 heteroatoms. The van der Waals surface area contributed by atoms with Gasteiger partial charge in [-0.05, 0) is 23.3 Å². The van der Waals surface area contributed by atoms with Crippen molar-refractivity contribution in [3.8, 4) is 5.75 Å². The third kappa shape index (κ3) is 4.42. The molecule has 0 aliphatic rings. The lowest BCUT2D eigenvalue weighted by Crippen LogP contribution is -2.22. The summed E-state index contributed by atoms with van der Waals surface area (Å²) in [6.07, 6.45) is 0. The fraction of sp³-hybridized carbons (Fsp3) is 0.294. The number of nitrogens with one attached hydrogen (secondary N) is 1. The van der Waals surface area contributed by atoms with Crippen LogP contribution in [0.5, 0.6) is 5.75 Å². The molecule has 2 rings (SSSR count). The van der Waals surface area contributed by atoms with E-state index < -0.39 is 0 Å². The Morgan fingerprint density at radius 1 is 0.895 bits per heavy atom. The highest BCUT2D eigenvalue weighted by atomic mass is 16.5. The van der Waals surface area contributed by atoms with Crippen LogP contribution in [-0.4, -0.2) is 6.04 Å². The molecule has 2 aromatic rings. The lowest BCUT2D eigenvalue weighted by molar-refractivity contribution is 0.304. The second-order valence-electron chi connectivity index (χ2n) is 4.91. The molecule has 0 saturated carbocycles. The fourth-order valence-corrected chi connectivity index (χ4v) is 1.86. The summed E-state index contributed by atoms with van der Waals surface area (Å²) >= 11 is 0. The van der Waals surface area contributed by atoms with E-state index in [2.05, 4.69) is 43.4 Å². The number of hydrogen-bond donors (Lipinski definition) is 1. The molecule has 2 aromatic carbocycles. The summed E-state index contributed by atoms with van der Waals surface area (Å²) in [7, 11) is 0. The Balaban J connectivity index is 1.99. The molecule has 100 valence electrons. The molecule has 0 unspecified atom stereocenters. The van der Waals surface area contributed by atoms with Crippen molar-refractivity contribution in [2.24, 2.45) is 0 Å². The van der Waals surface area contributed by atoms with Gasteiger partial charge in [0, 0.05) is 12.6 Å². The number of para-hydroxylation sites is 1. The van der Waals surface area contributed by atoms with E-state index in [9.17, 15) is 0 Å². The number of benzene rings is 2. The number of rotatable bonds is 6. The summed E-state index contributed by atoms with van der Waals surface area (Å²) in [5.41, 5.74) is 2.53. The molecule has 2 nitrogen and oxygen atoms in total. The molecule has 0 spiro atoms. The van der Waals surface area contributed by atoms with Gasteiger partial charge in [0.05, 0.1) is 0 Å². The maximum atomic E-state index is 5.81. The van der Waals surface area contributed by atoms with Gasteiger partial charge in [-0.3, -0.25) is 0 Å². The van der Waals surface area contributed by atoms with Crippen LogP contribution in [0.25, 0.3) is 0 Å². The quantitative estimate of drug-likeness (QED) is 0.848. The molecule has 1 N–H and O–H groups in total. The molecule has 0 fully saturated rings. The van der Waals surface area contributed by atoms with Crippen LogP contribution < -0.4 is 10.1 Å². The third-order valence-electron chi connectivity index (χ3n) is 2.96. The standard InChI is InChI=1S/C17H21NO/c1-14(2)18-12-15-8-6-7-9-16(15)13-19-17-10-4-3-5-11-17/h3-11,14,18H,12-13H2,1-2H3. The first-order chi connectivity index (χ1) is 9.25. The van der Waals surface area contributed by atoms with Gasteiger partial charge in [0.15, 0.2) is 0 Å². The van der Waals surface area contributed by atoms with E-state index in [1.54, 1.807) is 0 Å². The molecular formula is C17H21NO. The first kappa shape index (κ1) is 13.6. The van der Waals surface area contributed by atoms with E-state index in [1.807, 2.05) is 30.3 Å². The van der Waals surface area contributed by atoms with Crippen molar-refractivity contribution in [3.05, 3.63) is 65.7 Å². The lowest BCUT2D eigenvalue weighted by Gasteiger charge is -2.13. The van der Waals surface area contributed by atoms with Crippen molar-refractivity contribution >= 4 is 0 Å². The number of ether oxygens (including phenoxy) is 1. The summed E-state index contributed by atoms with van der Waals surface area (Å²) < 4.78 is 5.81. The van der Waals surface area contributed by atoms with Crippen LogP contribution in [-0.2, 0) is 13.2 Å². The van der Waals surface area contributed by atoms with Gasteiger partial charge in [-0.1, -0.05) is 56.3 Å².